The summed E-state index contributed by atoms with van der Waals surface area (Å²) < 4.78 is 0. The molecule has 2 aliphatic heterocycles. The number of nitrogens with one attached hydrogen (secondary N) is 3. The molecule has 4 rings (SSSR count). The average molecular weight is 346 g/mol. The third kappa shape index (κ3) is 3.43. The predicted molar refractivity (Wildman–Crippen MR) is 101 cm³/mol. The van der Waals surface area contributed by atoms with Crippen LogP contribution in [0.3, 0.4) is 0 Å². The molecule has 3 heterocycles. The van der Waals surface area contributed by atoms with E-state index in [1.807, 2.05) is 6.07 Å². The molecule has 0 bridgehead atoms. The van der Waals surface area contributed by atoms with Gasteiger partial charge >= 0.3 is 0 Å². The lowest BCUT2D eigenvalue weighted by atomic mass is 10.1. The third-order valence-corrected chi connectivity index (χ3v) is 5.11. The molecule has 0 radical (unpaired) electrons. The van der Waals surface area contributed by atoms with Gasteiger partial charge in [0.25, 0.3) is 0 Å². The summed E-state index contributed by atoms with van der Waals surface area (Å²) in [5.41, 5.74) is 2.14. The molecule has 0 unspecified atom stereocenters. The van der Waals surface area contributed by atoms with Gasteiger partial charge in [0, 0.05) is 49.8 Å². The molecule has 2 aliphatic rings. The van der Waals surface area contributed by atoms with E-state index in [-0.39, 0.29) is 0 Å². The minimum Gasteiger partial charge on any atom is -0.381 e. The quantitative estimate of drug-likeness (QED) is 0.798. The van der Waals surface area contributed by atoms with E-state index in [9.17, 15) is 0 Å². The molecule has 0 spiro atoms. The van der Waals surface area contributed by atoms with Gasteiger partial charge < -0.3 is 20.9 Å². The molecule has 24 heavy (non-hydrogen) atoms. The summed E-state index contributed by atoms with van der Waals surface area (Å²) in [4.78, 5) is 7.07. The molecule has 6 heteroatoms. The summed E-state index contributed by atoms with van der Waals surface area (Å²) in [5, 5.41) is 12.2. The van der Waals surface area contributed by atoms with Gasteiger partial charge in [-0.05, 0) is 43.7 Å². The van der Waals surface area contributed by atoms with Crippen molar-refractivity contribution in [2.75, 3.05) is 49.5 Å². The molecule has 0 amide bonds. The topological polar surface area (TPSA) is 52.2 Å². The first-order valence-corrected chi connectivity index (χ1v) is 9.20. The fourth-order valence-corrected chi connectivity index (χ4v) is 3.82. The first-order chi connectivity index (χ1) is 11.8. The van der Waals surface area contributed by atoms with Crippen molar-refractivity contribution in [3.05, 3.63) is 29.3 Å². The van der Waals surface area contributed by atoms with Gasteiger partial charge in [-0.2, -0.15) is 0 Å². The van der Waals surface area contributed by atoms with Gasteiger partial charge in [-0.1, -0.05) is 11.6 Å². The Balaban J connectivity index is 1.58. The molecule has 2 saturated heterocycles. The van der Waals surface area contributed by atoms with E-state index in [2.05, 4.69) is 39.0 Å². The number of halogens is 1. The van der Waals surface area contributed by atoms with Crippen molar-refractivity contribution in [2.45, 2.75) is 18.9 Å². The molecule has 1 aromatic heterocycles. The van der Waals surface area contributed by atoms with Gasteiger partial charge in [0.05, 0.1) is 10.5 Å². The molecule has 0 saturated carbocycles. The lowest BCUT2D eigenvalue weighted by Gasteiger charge is -2.29. The summed E-state index contributed by atoms with van der Waals surface area (Å²) >= 11 is 6.53. The predicted octanol–water partition coefficient (Wildman–Crippen LogP) is 2.46. The van der Waals surface area contributed by atoms with Crippen LogP contribution in [0.1, 0.15) is 12.8 Å². The standard InChI is InChI=1S/C18H24ClN5/c19-16-11-13-10-14(22-15-2-1-5-21-12-15)3-4-17(13)23-18(16)24-8-6-20-7-9-24/h3-4,10-11,15,20-22H,1-2,5-9,12H2/t15-/m0/s1. The van der Waals surface area contributed by atoms with E-state index < -0.39 is 0 Å². The molecule has 1 atom stereocenters. The summed E-state index contributed by atoms with van der Waals surface area (Å²) in [6.45, 7) is 6.02. The highest BCUT2D eigenvalue weighted by Gasteiger charge is 2.17. The lowest BCUT2D eigenvalue weighted by molar-refractivity contribution is 0.480. The number of hydrogen-bond donors (Lipinski definition) is 3. The maximum Gasteiger partial charge on any atom is 0.148 e. The molecule has 1 aromatic carbocycles. The second kappa shape index (κ2) is 7.13. The first kappa shape index (κ1) is 15.9. The molecule has 0 aliphatic carbocycles. The Morgan fingerprint density at radius 3 is 2.79 bits per heavy atom. The van der Waals surface area contributed by atoms with Gasteiger partial charge in [-0.25, -0.2) is 4.98 Å². The zero-order valence-electron chi connectivity index (χ0n) is 13.8. The van der Waals surface area contributed by atoms with Crippen molar-refractivity contribution >= 4 is 34.0 Å². The highest BCUT2D eigenvalue weighted by Crippen LogP contribution is 2.29. The van der Waals surface area contributed by atoms with Crippen LogP contribution in [0.15, 0.2) is 24.3 Å². The number of nitrogens with zero attached hydrogens (tertiary/aromatic N) is 2. The smallest absolute Gasteiger partial charge is 0.148 e. The Kier molecular flexibility index (Phi) is 4.74. The lowest BCUT2D eigenvalue weighted by Crippen LogP contribution is -2.44. The van der Waals surface area contributed by atoms with Crippen LogP contribution in [0.2, 0.25) is 5.02 Å². The summed E-state index contributed by atoms with van der Waals surface area (Å²) in [7, 11) is 0. The summed E-state index contributed by atoms with van der Waals surface area (Å²) in [6.07, 6.45) is 2.44. The van der Waals surface area contributed by atoms with Crippen molar-refractivity contribution in [2.24, 2.45) is 0 Å². The van der Waals surface area contributed by atoms with Crippen LogP contribution in [-0.4, -0.2) is 50.3 Å². The molecular weight excluding hydrogens is 322 g/mol. The van der Waals surface area contributed by atoms with Gasteiger partial charge in [0.2, 0.25) is 0 Å². The number of anilines is 2. The van der Waals surface area contributed by atoms with Crippen molar-refractivity contribution in [1.29, 1.82) is 0 Å². The fourth-order valence-electron chi connectivity index (χ4n) is 3.54. The van der Waals surface area contributed by atoms with Crippen LogP contribution in [0.4, 0.5) is 11.5 Å². The Hall–Kier alpha value is -1.56. The second-order valence-corrected chi connectivity index (χ2v) is 7.03. The normalized spacial score (nSPS) is 21.9. The Bertz CT molecular complexity index is 708. The monoisotopic (exact) mass is 345 g/mol. The summed E-state index contributed by atoms with van der Waals surface area (Å²) in [5.74, 6) is 0.905. The highest BCUT2D eigenvalue weighted by atomic mass is 35.5. The number of hydrogen-bond acceptors (Lipinski definition) is 5. The largest absolute Gasteiger partial charge is 0.381 e. The Morgan fingerprint density at radius 2 is 2.00 bits per heavy atom. The van der Waals surface area contributed by atoms with Crippen LogP contribution in [0, 0.1) is 0 Å². The molecule has 3 N–H and O–H groups in total. The highest BCUT2D eigenvalue weighted by molar-refractivity contribution is 6.33. The minimum atomic E-state index is 0.500. The minimum absolute atomic E-state index is 0.500. The van der Waals surface area contributed by atoms with Crippen molar-refractivity contribution in [3.8, 4) is 0 Å². The van der Waals surface area contributed by atoms with Gasteiger partial charge in [0.15, 0.2) is 0 Å². The Morgan fingerprint density at radius 1 is 1.12 bits per heavy atom. The zero-order chi connectivity index (χ0) is 16.4. The molecule has 2 aromatic rings. The maximum atomic E-state index is 6.53. The number of rotatable bonds is 3. The van der Waals surface area contributed by atoms with E-state index in [0.29, 0.717) is 6.04 Å². The molecular formula is C18H24ClN5. The van der Waals surface area contributed by atoms with Crippen LogP contribution in [0.25, 0.3) is 10.9 Å². The van der Waals surface area contributed by atoms with E-state index >= 15 is 0 Å². The van der Waals surface area contributed by atoms with E-state index in [0.717, 1.165) is 66.7 Å². The number of benzene rings is 1. The van der Waals surface area contributed by atoms with Crippen LogP contribution in [0.5, 0.6) is 0 Å². The van der Waals surface area contributed by atoms with Crippen molar-refractivity contribution in [1.82, 2.24) is 15.6 Å². The first-order valence-electron chi connectivity index (χ1n) is 8.83. The second-order valence-electron chi connectivity index (χ2n) is 6.63. The van der Waals surface area contributed by atoms with Crippen molar-refractivity contribution < 1.29 is 0 Å². The Labute approximate surface area is 147 Å². The van der Waals surface area contributed by atoms with E-state index in [4.69, 9.17) is 16.6 Å². The van der Waals surface area contributed by atoms with Crippen molar-refractivity contribution in [3.63, 3.8) is 0 Å². The van der Waals surface area contributed by atoms with Crippen LogP contribution in [-0.2, 0) is 0 Å². The maximum absolute atomic E-state index is 6.53. The molecule has 5 nitrogen and oxygen atoms in total. The van der Waals surface area contributed by atoms with Gasteiger partial charge in [-0.3, -0.25) is 0 Å². The number of piperidine rings is 1. The zero-order valence-corrected chi connectivity index (χ0v) is 14.6. The fraction of sp³-hybridized carbons (Fsp3) is 0.500. The van der Waals surface area contributed by atoms with Gasteiger partial charge in [0.1, 0.15) is 5.82 Å². The number of aromatic nitrogens is 1. The van der Waals surface area contributed by atoms with Crippen LogP contribution < -0.4 is 20.9 Å². The average Bonchev–Trinajstić information content (AvgIpc) is 2.63. The number of pyridine rings is 1. The van der Waals surface area contributed by atoms with E-state index in [1.165, 1.54) is 12.8 Å². The van der Waals surface area contributed by atoms with E-state index in [1.54, 1.807) is 0 Å². The molecule has 2 fully saturated rings. The third-order valence-electron chi connectivity index (χ3n) is 4.83. The SMILES string of the molecule is Clc1cc2cc(N[C@H]3CCCNC3)ccc2nc1N1CCNCC1. The van der Waals surface area contributed by atoms with Crippen LogP contribution >= 0.6 is 11.6 Å². The summed E-state index contributed by atoms with van der Waals surface area (Å²) in [6, 6.07) is 8.92. The number of piperazine rings is 1. The number of fused-ring (bicyclic) bond motifs is 1. The van der Waals surface area contributed by atoms with Gasteiger partial charge in [-0.15, -0.1) is 0 Å². The molecule has 128 valence electrons.